The molecule has 0 atom stereocenters. The third kappa shape index (κ3) is 2.23. The van der Waals surface area contributed by atoms with Gasteiger partial charge in [0, 0.05) is 17.5 Å². The van der Waals surface area contributed by atoms with Crippen LogP contribution in [-0.4, -0.2) is 11.3 Å². The van der Waals surface area contributed by atoms with Crippen LogP contribution in [0.25, 0.3) is 0 Å². The number of aldehydes is 1. The van der Waals surface area contributed by atoms with Gasteiger partial charge in [-0.05, 0) is 25.0 Å². The van der Waals surface area contributed by atoms with Gasteiger partial charge >= 0.3 is 0 Å². The first kappa shape index (κ1) is 7.49. The summed E-state index contributed by atoms with van der Waals surface area (Å²) in [5.74, 6) is 4.95. The first-order valence-corrected chi connectivity index (χ1v) is 3.21. The smallest absolute Gasteiger partial charge is 0.193 e. The molecule has 0 N–H and O–H groups in total. The first-order chi connectivity index (χ1) is 5.33. The molecule has 0 saturated heterocycles. The Morgan fingerprint density at radius 2 is 2.36 bits per heavy atom. The average Bonchev–Trinajstić information content (AvgIpc) is 2.04. The zero-order chi connectivity index (χ0) is 8.10. The lowest BCUT2D eigenvalue weighted by molar-refractivity contribution is -0.103. The second-order valence-electron chi connectivity index (χ2n) is 2.08. The Bertz CT molecular complexity index is 303. The summed E-state index contributed by atoms with van der Waals surface area (Å²) in [4.78, 5) is 13.9. The van der Waals surface area contributed by atoms with Gasteiger partial charge in [0.15, 0.2) is 6.29 Å². The number of aromatic nitrogens is 1. The van der Waals surface area contributed by atoms with E-state index in [2.05, 4.69) is 16.8 Å². The molecule has 0 fully saturated rings. The molecule has 0 aliphatic rings. The molecule has 0 radical (unpaired) electrons. The maximum absolute atomic E-state index is 9.85. The standard InChI is InChI=1S/C9H7NO/c1-8-4-5-9(7-10-8)3-2-6-11/h4-7H,1H3. The van der Waals surface area contributed by atoms with Crippen LogP contribution >= 0.6 is 0 Å². The molecule has 0 unspecified atom stereocenters. The number of nitrogens with zero attached hydrogens (tertiary/aromatic N) is 1. The topological polar surface area (TPSA) is 30.0 Å². The van der Waals surface area contributed by atoms with Gasteiger partial charge in [-0.2, -0.15) is 0 Å². The minimum atomic E-state index is 0.569. The maximum Gasteiger partial charge on any atom is 0.193 e. The summed E-state index contributed by atoms with van der Waals surface area (Å²) in [5, 5.41) is 0. The van der Waals surface area contributed by atoms with Gasteiger partial charge < -0.3 is 0 Å². The van der Waals surface area contributed by atoms with Crippen molar-refractivity contribution in [2.45, 2.75) is 6.92 Å². The molecular formula is C9H7NO. The molecule has 1 aromatic heterocycles. The van der Waals surface area contributed by atoms with Crippen molar-refractivity contribution < 1.29 is 4.79 Å². The zero-order valence-electron chi connectivity index (χ0n) is 6.16. The molecule has 2 heteroatoms. The van der Waals surface area contributed by atoms with E-state index in [1.54, 1.807) is 6.20 Å². The SMILES string of the molecule is Cc1ccc(C#CC=O)cn1. The van der Waals surface area contributed by atoms with Crippen molar-refractivity contribution in [3.63, 3.8) is 0 Å². The van der Waals surface area contributed by atoms with Crippen molar-refractivity contribution in [1.82, 2.24) is 4.98 Å². The van der Waals surface area contributed by atoms with Crippen LogP contribution in [0.3, 0.4) is 0 Å². The largest absolute Gasteiger partial charge is 0.289 e. The molecule has 11 heavy (non-hydrogen) atoms. The summed E-state index contributed by atoms with van der Waals surface area (Å²) < 4.78 is 0. The predicted octanol–water partition coefficient (Wildman–Crippen LogP) is 0.940. The molecule has 1 aromatic rings. The van der Waals surface area contributed by atoms with Crippen LogP contribution in [0, 0.1) is 18.8 Å². The second kappa shape index (κ2) is 3.52. The van der Waals surface area contributed by atoms with Crippen LogP contribution in [0.15, 0.2) is 18.3 Å². The normalized spacial score (nSPS) is 8.09. The summed E-state index contributed by atoms with van der Waals surface area (Å²) in [6, 6.07) is 3.69. The Morgan fingerprint density at radius 1 is 1.55 bits per heavy atom. The van der Waals surface area contributed by atoms with Gasteiger partial charge in [-0.3, -0.25) is 9.78 Å². The predicted molar refractivity (Wildman–Crippen MR) is 41.9 cm³/mol. The third-order valence-corrected chi connectivity index (χ3v) is 1.19. The summed E-state index contributed by atoms with van der Waals surface area (Å²) in [5.41, 5.74) is 1.71. The Labute approximate surface area is 65.3 Å². The van der Waals surface area contributed by atoms with Gasteiger partial charge in [0.05, 0.1) is 0 Å². The van der Waals surface area contributed by atoms with Crippen molar-refractivity contribution >= 4 is 6.29 Å². The lowest BCUT2D eigenvalue weighted by Gasteiger charge is -1.89. The van der Waals surface area contributed by atoms with E-state index in [9.17, 15) is 4.79 Å². The van der Waals surface area contributed by atoms with E-state index in [1.807, 2.05) is 19.1 Å². The molecule has 0 aromatic carbocycles. The van der Waals surface area contributed by atoms with Crippen LogP contribution < -0.4 is 0 Å². The van der Waals surface area contributed by atoms with Crippen molar-refractivity contribution in [3.05, 3.63) is 29.6 Å². The fourth-order valence-electron chi connectivity index (χ4n) is 0.655. The highest BCUT2D eigenvalue weighted by molar-refractivity contribution is 5.73. The highest BCUT2D eigenvalue weighted by atomic mass is 16.1. The molecule has 0 amide bonds. The summed E-state index contributed by atoms with van der Waals surface area (Å²) in [7, 11) is 0. The van der Waals surface area contributed by atoms with E-state index in [-0.39, 0.29) is 0 Å². The number of hydrogen-bond donors (Lipinski definition) is 0. The van der Waals surface area contributed by atoms with Gasteiger partial charge in [-0.15, -0.1) is 0 Å². The van der Waals surface area contributed by atoms with Crippen molar-refractivity contribution in [2.24, 2.45) is 0 Å². The molecule has 54 valence electrons. The van der Waals surface area contributed by atoms with Gasteiger partial charge in [0.25, 0.3) is 0 Å². The Kier molecular flexibility index (Phi) is 2.40. The van der Waals surface area contributed by atoms with Crippen LogP contribution in [0.5, 0.6) is 0 Å². The Balaban J connectivity index is 2.90. The van der Waals surface area contributed by atoms with Crippen LogP contribution in [0.2, 0.25) is 0 Å². The van der Waals surface area contributed by atoms with Gasteiger partial charge in [-0.1, -0.05) is 5.92 Å². The summed E-state index contributed by atoms with van der Waals surface area (Å²) in [6.07, 6.45) is 2.21. The maximum atomic E-state index is 9.85. The first-order valence-electron chi connectivity index (χ1n) is 3.21. The molecule has 0 saturated carbocycles. The van der Waals surface area contributed by atoms with Gasteiger partial charge in [0.1, 0.15) is 0 Å². The second-order valence-corrected chi connectivity index (χ2v) is 2.08. The van der Waals surface area contributed by atoms with E-state index in [4.69, 9.17) is 0 Å². The fraction of sp³-hybridized carbons (Fsp3) is 0.111. The van der Waals surface area contributed by atoms with E-state index in [0.717, 1.165) is 11.3 Å². The molecular weight excluding hydrogens is 138 g/mol. The lowest BCUT2D eigenvalue weighted by atomic mass is 10.2. The lowest BCUT2D eigenvalue weighted by Crippen LogP contribution is -1.80. The fourth-order valence-corrected chi connectivity index (χ4v) is 0.655. The van der Waals surface area contributed by atoms with Crippen molar-refractivity contribution in [1.29, 1.82) is 0 Å². The molecule has 1 rings (SSSR count). The summed E-state index contributed by atoms with van der Waals surface area (Å²) >= 11 is 0. The van der Waals surface area contributed by atoms with Gasteiger partial charge in [0.2, 0.25) is 0 Å². The number of pyridine rings is 1. The van der Waals surface area contributed by atoms with Crippen molar-refractivity contribution in [2.75, 3.05) is 0 Å². The molecule has 1 heterocycles. The number of aryl methyl sites for hydroxylation is 1. The third-order valence-electron chi connectivity index (χ3n) is 1.19. The van der Waals surface area contributed by atoms with E-state index < -0.39 is 0 Å². The number of hydrogen-bond acceptors (Lipinski definition) is 2. The minimum absolute atomic E-state index is 0.569. The number of rotatable bonds is 0. The molecule has 0 bridgehead atoms. The van der Waals surface area contributed by atoms with Crippen molar-refractivity contribution in [3.8, 4) is 11.8 Å². The van der Waals surface area contributed by atoms with Crippen LogP contribution in [-0.2, 0) is 4.79 Å². The van der Waals surface area contributed by atoms with Gasteiger partial charge in [-0.25, -0.2) is 0 Å². The van der Waals surface area contributed by atoms with E-state index in [1.165, 1.54) is 0 Å². The Morgan fingerprint density at radius 3 is 2.91 bits per heavy atom. The minimum Gasteiger partial charge on any atom is -0.289 e. The molecule has 0 spiro atoms. The monoisotopic (exact) mass is 145 g/mol. The molecule has 0 aliphatic carbocycles. The summed E-state index contributed by atoms with van der Waals surface area (Å²) in [6.45, 7) is 1.90. The zero-order valence-corrected chi connectivity index (χ0v) is 6.16. The highest BCUT2D eigenvalue weighted by Crippen LogP contribution is 1.95. The number of carbonyl (C=O) groups is 1. The Hall–Kier alpha value is -1.62. The van der Waals surface area contributed by atoms with E-state index >= 15 is 0 Å². The molecule has 0 aliphatic heterocycles. The highest BCUT2D eigenvalue weighted by Gasteiger charge is 1.85. The van der Waals surface area contributed by atoms with Crippen LogP contribution in [0.4, 0.5) is 0 Å². The van der Waals surface area contributed by atoms with Crippen LogP contribution in [0.1, 0.15) is 11.3 Å². The average molecular weight is 145 g/mol. The van der Waals surface area contributed by atoms with E-state index in [0.29, 0.717) is 6.29 Å². The number of carbonyl (C=O) groups excluding carboxylic acids is 1. The molecule has 2 nitrogen and oxygen atoms in total. The quantitative estimate of drug-likeness (QED) is 0.401.